The number of aromatic nitrogens is 3. The molecule has 6 nitrogen and oxygen atoms in total. The maximum atomic E-state index is 13.3. The highest BCUT2D eigenvalue weighted by Gasteiger charge is 2.16. The van der Waals surface area contributed by atoms with E-state index in [0.29, 0.717) is 39.2 Å². The third-order valence-corrected chi connectivity index (χ3v) is 5.92. The van der Waals surface area contributed by atoms with Crippen LogP contribution in [0.4, 0.5) is 8.78 Å². The molecule has 5 rings (SSSR count). The molecule has 0 radical (unpaired) electrons. The van der Waals surface area contributed by atoms with Gasteiger partial charge >= 0.3 is 6.61 Å². The first-order valence-electron chi connectivity index (χ1n) is 10.3. The molecular weight excluding hydrogens is 460 g/mol. The summed E-state index contributed by atoms with van der Waals surface area (Å²) in [6, 6.07) is 22.5. The summed E-state index contributed by atoms with van der Waals surface area (Å²) in [6.07, 6.45) is 1.66. The van der Waals surface area contributed by atoms with E-state index in [4.69, 9.17) is 4.42 Å². The fourth-order valence-corrected chi connectivity index (χ4v) is 4.32. The summed E-state index contributed by atoms with van der Waals surface area (Å²) in [4.78, 5) is 22.3. The summed E-state index contributed by atoms with van der Waals surface area (Å²) >= 11 is 1.29. The van der Waals surface area contributed by atoms with Crippen LogP contribution in [0.1, 0.15) is 5.89 Å². The number of thioether (sulfide) groups is 1. The summed E-state index contributed by atoms with van der Waals surface area (Å²) in [5.41, 5.74) is 1.68. The summed E-state index contributed by atoms with van der Waals surface area (Å²) < 4.78 is 36.8. The summed E-state index contributed by atoms with van der Waals surface area (Å²) in [5.74, 6) is 1.47. The maximum absolute atomic E-state index is 13.3. The van der Waals surface area contributed by atoms with Crippen molar-refractivity contribution in [3.8, 4) is 22.8 Å². The second-order valence-electron chi connectivity index (χ2n) is 7.20. The Morgan fingerprint density at radius 3 is 2.47 bits per heavy atom. The minimum Gasteiger partial charge on any atom is -0.440 e. The predicted molar refractivity (Wildman–Crippen MR) is 125 cm³/mol. The molecular formula is C25H17F2N3O3S. The van der Waals surface area contributed by atoms with E-state index >= 15 is 0 Å². The number of ether oxygens (including phenoxy) is 1. The average Bonchev–Trinajstić information content (AvgIpc) is 3.33. The molecule has 5 aromatic rings. The molecule has 0 aliphatic heterocycles. The summed E-state index contributed by atoms with van der Waals surface area (Å²) in [5, 5.41) is 0.868. The molecule has 0 aliphatic carbocycles. The zero-order valence-corrected chi connectivity index (χ0v) is 18.4. The number of alkyl halides is 2. The number of hydrogen-bond acceptors (Lipinski definition) is 6. The lowest BCUT2D eigenvalue weighted by atomic mass is 10.2. The van der Waals surface area contributed by atoms with E-state index in [2.05, 4.69) is 14.7 Å². The van der Waals surface area contributed by atoms with Crippen molar-refractivity contribution in [3.05, 3.63) is 101 Å². The molecule has 0 unspecified atom stereocenters. The maximum Gasteiger partial charge on any atom is 0.387 e. The van der Waals surface area contributed by atoms with Crippen LogP contribution in [0.3, 0.4) is 0 Å². The van der Waals surface area contributed by atoms with Crippen molar-refractivity contribution in [2.45, 2.75) is 17.5 Å². The Balaban J connectivity index is 1.49. The minimum atomic E-state index is -2.93. The molecule has 0 fully saturated rings. The number of benzene rings is 3. The number of fused-ring (bicyclic) bond motifs is 1. The standard InChI is InChI=1S/C25H17F2N3O3S/c26-24(27)32-18-12-10-17(11-13-18)30-23(31)19-8-4-5-9-20(19)29-25(30)34-15-22-28-14-21(33-22)16-6-2-1-3-7-16/h1-14,24H,15H2. The first kappa shape index (κ1) is 21.8. The van der Waals surface area contributed by atoms with Crippen LogP contribution in [0.5, 0.6) is 5.75 Å². The molecule has 0 saturated heterocycles. The Morgan fingerprint density at radius 2 is 1.71 bits per heavy atom. The van der Waals surface area contributed by atoms with Gasteiger partial charge in [0.1, 0.15) is 5.75 Å². The van der Waals surface area contributed by atoms with Crippen LogP contribution in [0.15, 0.2) is 99.4 Å². The Kier molecular flexibility index (Phi) is 6.09. The zero-order valence-electron chi connectivity index (χ0n) is 17.6. The Morgan fingerprint density at radius 1 is 0.971 bits per heavy atom. The largest absolute Gasteiger partial charge is 0.440 e. The number of halogens is 2. The van der Waals surface area contributed by atoms with Crippen LogP contribution in [-0.2, 0) is 5.75 Å². The van der Waals surface area contributed by atoms with Crippen molar-refractivity contribution in [2.75, 3.05) is 0 Å². The van der Waals surface area contributed by atoms with Crippen LogP contribution in [-0.4, -0.2) is 21.1 Å². The minimum absolute atomic E-state index is 0.00276. The van der Waals surface area contributed by atoms with Gasteiger partial charge in [0.2, 0.25) is 5.89 Å². The lowest BCUT2D eigenvalue weighted by Crippen LogP contribution is -2.21. The number of para-hydroxylation sites is 1. The molecule has 0 bridgehead atoms. The molecule has 0 atom stereocenters. The van der Waals surface area contributed by atoms with E-state index in [9.17, 15) is 13.6 Å². The van der Waals surface area contributed by atoms with Crippen molar-refractivity contribution in [1.82, 2.24) is 14.5 Å². The molecule has 3 aromatic carbocycles. The van der Waals surface area contributed by atoms with Gasteiger partial charge in [0.25, 0.3) is 5.56 Å². The molecule has 2 heterocycles. The predicted octanol–water partition coefficient (Wildman–Crippen LogP) is 5.93. The molecule has 2 aromatic heterocycles. The van der Waals surface area contributed by atoms with E-state index in [-0.39, 0.29) is 11.3 Å². The van der Waals surface area contributed by atoms with Crippen LogP contribution < -0.4 is 10.3 Å². The van der Waals surface area contributed by atoms with Gasteiger partial charge < -0.3 is 9.15 Å². The third kappa shape index (κ3) is 4.55. The van der Waals surface area contributed by atoms with E-state index in [1.165, 1.54) is 40.6 Å². The van der Waals surface area contributed by atoms with Gasteiger partial charge in [0.15, 0.2) is 10.9 Å². The third-order valence-electron chi connectivity index (χ3n) is 5.00. The second-order valence-corrected chi connectivity index (χ2v) is 8.14. The van der Waals surface area contributed by atoms with Crippen LogP contribution in [0.2, 0.25) is 0 Å². The monoisotopic (exact) mass is 477 g/mol. The van der Waals surface area contributed by atoms with Crippen LogP contribution >= 0.6 is 11.8 Å². The molecule has 170 valence electrons. The van der Waals surface area contributed by atoms with Gasteiger partial charge in [-0.2, -0.15) is 8.78 Å². The van der Waals surface area contributed by atoms with Gasteiger partial charge in [-0.05, 0) is 36.4 Å². The Labute approximate surface area is 196 Å². The first-order valence-corrected chi connectivity index (χ1v) is 11.3. The number of hydrogen-bond donors (Lipinski definition) is 0. The van der Waals surface area contributed by atoms with E-state index < -0.39 is 6.61 Å². The van der Waals surface area contributed by atoms with Gasteiger partial charge in [-0.15, -0.1) is 0 Å². The molecule has 0 saturated carbocycles. The summed E-state index contributed by atoms with van der Waals surface area (Å²) in [6.45, 7) is -2.93. The lowest BCUT2D eigenvalue weighted by molar-refractivity contribution is -0.0498. The molecule has 34 heavy (non-hydrogen) atoms. The van der Waals surface area contributed by atoms with Gasteiger partial charge in [-0.25, -0.2) is 9.97 Å². The SMILES string of the molecule is O=c1c2ccccc2nc(SCc2ncc(-c3ccccc3)o2)n1-c1ccc(OC(F)F)cc1. The fourth-order valence-electron chi connectivity index (χ4n) is 3.45. The van der Waals surface area contributed by atoms with Crippen molar-refractivity contribution >= 4 is 22.7 Å². The first-order chi connectivity index (χ1) is 16.6. The van der Waals surface area contributed by atoms with Gasteiger partial charge in [-0.3, -0.25) is 9.36 Å². The molecule has 0 amide bonds. The highest BCUT2D eigenvalue weighted by molar-refractivity contribution is 7.98. The molecule has 0 aliphatic rings. The Hall–Kier alpha value is -3.98. The average molecular weight is 477 g/mol. The van der Waals surface area contributed by atoms with Crippen LogP contribution in [0, 0.1) is 0 Å². The van der Waals surface area contributed by atoms with Gasteiger partial charge in [-0.1, -0.05) is 54.2 Å². The van der Waals surface area contributed by atoms with Crippen molar-refractivity contribution in [2.24, 2.45) is 0 Å². The number of nitrogens with zero attached hydrogens (tertiary/aromatic N) is 3. The Bertz CT molecular complexity index is 1490. The smallest absolute Gasteiger partial charge is 0.387 e. The zero-order chi connectivity index (χ0) is 23.5. The van der Waals surface area contributed by atoms with Crippen molar-refractivity contribution < 1.29 is 17.9 Å². The quantitative estimate of drug-likeness (QED) is 0.214. The van der Waals surface area contributed by atoms with Gasteiger partial charge in [0, 0.05) is 5.56 Å². The molecule has 0 N–H and O–H groups in total. The van der Waals surface area contributed by atoms with Crippen LogP contribution in [0.25, 0.3) is 27.9 Å². The van der Waals surface area contributed by atoms with E-state index in [0.717, 1.165) is 5.56 Å². The molecule has 9 heteroatoms. The highest BCUT2D eigenvalue weighted by Crippen LogP contribution is 2.27. The van der Waals surface area contributed by atoms with E-state index in [1.807, 2.05) is 36.4 Å². The fraction of sp³-hybridized carbons (Fsp3) is 0.0800. The topological polar surface area (TPSA) is 70.2 Å². The number of rotatable bonds is 7. The van der Waals surface area contributed by atoms with Crippen molar-refractivity contribution in [1.29, 1.82) is 0 Å². The van der Waals surface area contributed by atoms with Gasteiger partial charge in [0.05, 0.1) is 28.5 Å². The molecule has 0 spiro atoms. The second kappa shape index (κ2) is 9.48. The highest BCUT2D eigenvalue weighted by atomic mass is 32.2. The van der Waals surface area contributed by atoms with Crippen molar-refractivity contribution in [3.63, 3.8) is 0 Å². The summed E-state index contributed by atoms with van der Waals surface area (Å²) in [7, 11) is 0. The normalized spacial score (nSPS) is 11.3. The number of oxazole rings is 1. The van der Waals surface area contributed by atoms with E-state index in [1.54, 1.807) is 24.4 Å². The lowest BCUT2D eigenvalue weighted by Gasteiger charge is -2.13.